The molecule has 1 unspecified atom stereocenters. The quantitative estimate of drug-likeness (QED) is 0.432. The van der Waals surface area contributed by atoms with Crippen LogP contribution in [-0.4, -0.2) is 53.1 Å². The van der Waals surface area contributed by atoms with Crippen LogP contribution in [-0.2, 0) is 34.5 Å². The minimum absolute atomic E-state index is 0.0764. The van der Waals surface area contributed by atoms with Crippen LogP contribution >= 0.6 is 0 Å². The molecule has 1 atom stereocenters. The van der Waals surface area contributed by atoms with E-state index in [1.54, 1.807) is 30.2 Å². The lowest BCUT2D eigenvalue weighted by atomic mass is 10.1. The number of sulfone groups is 1. The van der Waals surface area contributed by atoms with Crippen molar-refractivity contribution in [1.29, 1.82) is 0 Å². The van der Waals surface area contributed by atoms with E-state index in [1.807, 2.05) is 0 Å². The number of pyridine rings is 1. The van der Waals surface area contributed by atoms with Gasteiger partial charge in [0.1, 0.15) is 11.5 Å². The number of aliphatic imine (C=N–C) groups is 1. The number of halogens is 4. The highest BCUT2D eigenvalue weighted by Gasteiger charge is 2.60. The minimum atomic E-state index is -3.77. The molecule has 1 aliphatic carbocycles. The number of carbonyl (C=O) groups is 1. The van der Waals surface area contributed by atoms with Crippen molar-refractivity contribution in [2.24, 2.45) is 18.0 Å². The van der Waals surface area contributed by atoms with Gasteiger partial charge in [-0.3, -0.25) is 9.78 Å². The average molecular weight is 536 g/mol. The highest BCUT2D eigenvalue weighted by molar-refractivity contribution is 7.90. The van der Waals surface area contributed by atoms with E-state index in [2.05, 4.69) is 20.3 Å². The standard InChI is InChI=1S/C24H21F4N5O3S/c1-33-10-19(29-11-33)12-3-4-15(21(5-12)37(2,35)36)31-16-6-13(7-20(34)14-9-24(14,27)28)30-17-8-18(23(25)26)32-22(16)17/h3-6,10-11,14,23H,7-9H2,1-2H3,(H,30,31). The van der Waals surface area contributed by atoms with Gasteiger partial charge in [-0.25, -0.2) is 36.0 Å². The highest BCUT2D eigenvalue weighted by Crippen LogP contribution is 2.49. The van der Waals surface area contributed by atoms with Crippen LogP contribution < -0.4 is 5.32 Å². The van der Waals surface area contributed by atoms with Crippen molar-refractivity contribution in [2.75, 3.05) is 11.6 Å². The van der Waals surface area contributed by atoms with Gasteiger partial charge in [0.15, 0.2) is 9.84 Å². The molecule has 194 valence electrons. The Morgan fingerprint density at radius 1 is 1.24 bits per heavy atom. The number of hydrogen-bond acceptors (Lipinski definition) is 7. The Kier molecular flexibility index (Phi) is 5.93. The summed E-state index contributed by atoms with van der Waals surface area (Å²) >= 11 is 0. The maximum Gasteiger partial charge on any atom is 0.277 e. The fourth-order valence-electron chi connectivity index (χ4n) is 4.23. The molecular weight excluding hydrogens is 514 g/mol. The van der Waals surface area contributed by atoms with E-state index in [0.717, 1.165) is 6.26 Å². The van der Waals surface area contributed by atoms with Gasteiger partial charge in [-0.15, -0.1) is 0 Å². The SMILES string of the molecule is Cn1cnc(-c2ccc(Nc3cc(CC(=O)C4CC4(F)F)nc4c3N=C(C(F)F)C4)c(S(C)(=O)=O)c2)c1. The number of ketones is 1. The molecule has 2 aliphatic rings. The van der Waals surface area contributed by atoms with Crippen LogP contribution in [0.15, 0.2) is 46.7 Å². The molecule has 1 saturated carbocycles. The van der Waals surface area contributed by atoms with Crippen molar-refractivity contribution in [1.82, 2.24) is 14.5 Å². The predicted molar refractivity (Wildman–Crippen MR) is 128 cm³/mol. The summed E-state index contributed by atoms with van der Waals surface area (Å²) in [7, 11) is -1.99. The largest absolute Gasteiger partial charge is 0.353 e. The van der Waals surface area contributed by atoms with Crippen LogP contribution in [0.25, 0.3) is 11.3 Å². The number of nitrogens with one attached hydrogen (secondary N) is 1. The normalized spacial score (nSPS) is 18.0. The Morgan fingerprint density at radius 2 is 1.97 bits per heavy atom. The second kappa shape index (κ2) is 8.75. The van der Waals surface area contributed by atoms with Crippen molar-refractivity contribution in [3.63, 3.8) is 0 Å². The number of carbonyl (C=O) groups excluding carboxylic acids is 1. The molecule has 1 aliphatic heterocycles. The Bertz CT molecular complexity index is 1570. The molecule has 1 fully saturated rings. The molecular formula is C24H21F4N5O3S. The first-order valence-electron chi connectivity index (χ1n) is 11.2. The molecule has 13 heteroatoms. The van der Waals surface area contributed by atoms with Crippen LogP contribution in [0.1, 0.15) is 17.8 Å². The van der Waals surface area contributed by atoms with Gasteiger partial charge in [0.2, 0.25) is 0 Å². The van der Waals surface area contributed by atoms with E-state index in [4.69, 9.17) is 0 Å². The van der Waals surface area contributed by atoms with Gasteiger partial charge >= 0.3 is 0 Å². The fraction of sp³-hybridized carbons (Fsp3) is 0.333. The average Bonchev–Trinajstić information content (AvgIpc) is 3.14. The maximum atomic E-state index is 13.4. The summed E-state index contributed by atoms with van der Waals surface area (Å²) in [6.45, 7) is 0. The number of fused-ring (bicyclic) bond motifs is 1. The van der Waals surface area contributed by atoms with Gasteiger partial charge in [0.05, 0.1) is 51.3 Å². The highest BCUT2D eigenvalue weighted by atomic mass is 32.2. The first-order chi connectivity index (χ1) is 17.3. The van der Waals surface area contributed by atoms with Crippen molar-refractivity contribution in [3.8, 4) is 11.3 Å². The summed E-state index contributed by atoms with van der Waals surface area (Å²) in [6.07, 6.45) is 0.255. The van der Waals surface area contributed by atoms with E-state index in [9.17, 15) is 30.8 Å². The maximum absolute atomic E-state index is 13.4. The number of imidazole rings is 1. The van der Waals surface area contributed by atoms with Gasteiger partial charge in [-0.2, -0.15) is 0 Å². The van der Waals surface area contributed by atoms with E-state index in [-0.39, 0.29) is 39.8 Å². The lowest BCUT2D eigenvalue weighted by molar-refractivity contribution is -0.121. The summed E-state index contributed by atoms with van der Waals surface area (Å²) in [6, 6.07) is 5.95. The summed E-state index contributed by atoms with van der Waals surface area (Å²) < 4.78 is 80.5. The third-order valence-corrected chi connectivity index (χ3v) is 7.33. The summed E-state index contributed by atoms with van der Waals surface area (Å²) in [5, 5.41) is 2.94. The number of hydrogen-bond donors (Lipinski definition) is 1. The van der Waals surface area contributed by atoms with E-state index in [1.165, 1.54) is 18.2 Å². The smallest absolute Gasteiger partial charge is 0.277 e. The lowest BCUT2D eigenvalue weighted by Gasteiger charge is -2.15. The fourth-order valence-corrected chi connectivity index (χ4v) is 5.09. The summed E-state index contributed by atoms with van der Waals surface area (Å²) in [5.41, 5.74) is 1.27. The van der Waals surface area contributed by atoms with Gasteiger partial charge in [0.25, 0.3) is 12.3 Å². The summed E-state index contributed by atoms with van der Waals surface area (Å²) in [4.78, 5) is 24.7. The van der Waals surface area contributed by atoms with Gasteiger partial charge in [0, 0.05) is 44.3 Å². The molecule has 0 radical (unpaired) electrons. The second-order valence-corrected chi connectivity index (χ2v) is 11.2. The second-order valence-electron chi connectivity index (χ2n) is 9.23. The number of aryl methyl sites for hydroxylation is 1. The van der Waals surface area contributed by atoms with E-state index in [0.29, 0.717) is 11.3 Å². The van der Waals surface area contributed by atoms with Crippen molar-refractivity contribution >= 4 is 38.4 Å². The molecule has 8 nitrogen and oxygen atoms in total. The molecule has 1 aromatic carbocycles. The van der Waals surface area contributed by atoms with Crippen LogP contribution in [0.3, 0.4) is 0 Å². The van der Waals surface area contributed by atoms with Crippen LogP contribution in [0.4, 0.5) is 34.6 Å². The molecule has 0 amide bonds. The topological polar surface area (TPSA) is 106 Å². The van der Waals surface area contributed by atoms with E-state index < -0.39 is 52.4 Å². The molecule has 0 spiro atoms. The van der Waals surface area contributed by atoms with Gasteiger partial charge < -0.3 is 9.88 Å². The Labute approximate surface area is 209 Å². The third-order valence-electron chi connectivity index (χ3n) is 6.19. The van der Waals surface area contributed by atoms with Crippen LogP contribution in [0, 0.1) is 5.92 Å². The lowest BCUT2D eigenvalue weighted by Crippen LogP contribution is -2.13. The van der Waals surface area contributed by atoms with Crippen LogP contribution in [0.5, 0.6) is 0 Å². The number of nitrogens with zero attached hydrogens (tertiary/aromatic N) is 4. The molecule has 0 saturated heterocycles. The summed E-state index contributed by atoms with van der Waals surface area (Å²) in [5.74, 6) is -5.13. The number of alkyl halides is 4. The Balaban J connectivity index is 1.54. The van der Waals surface area contributed by atoms with Crippen molar-refractivity contribution in [2.45, 2.75) is 36.5 Å². The van der Waals surface area contributed by atoms with Gasteiger partial charge in [-0.05, 0) is 18.2 Å². The third kappa shape index (κ3) is 4.99. The minimum Gasteiger partial charge on any atom is -0.353 e. The Hall–Kier alpha value is -3.61. The molecule has 5 rings (SSSR count). The zero-order valence-electron chi connectivity index (χ0n) is 19.7. The molecule has 3 heterocycles. The molecule has 2 aromatic heterocycles. The molecule has 3 aromatic rings. The van der Waals surface area contributed by atoms with Crippen molar-refractivity contribution in [3.05, 3.63) is 48.2 Å². The van der Waals surface area contributed by atoms with Crippen molar-refractivity contribution < 1.29 is 30.8 Å². The zero-order chi connectivity index (χ0) is 26.7. The number of benzene rings is 1. The predicted octanol–water partition coefficient (Wildman–Crippen LogP) is 4.29. The number of Topliss-reactive ketones (excluding diaryl/α,β-unsaturated/α-hetero) is 1. The van der Waals surface area contributed by atoms with E-state index >= 15 is 0 Å². The van der Waals surface area contributed by atoms with Crippen LogP contribution in [0.2, 0.25) is 0 Å². The first kappa shape index (κ1) is 25.1. The monoisotopic (exact) mass is 535 g/mol. The Morgan fingerprint density at radius 3 is 2.57 bits per heavy atom. The first-order valence-corrected chi connectivity index (χ1v) is 13.1. The molecule has 0 bridgehead atoms. The number of aromatic nitrogens is 3. The number of rotatable bonds is 8. The zero-order valence-corrected chi connectivity index (χ0v) is 20.5. The van der Waals surface area contributed by atoms with Gasteiger partial charge in [-0.1, -0.05) is 6.07 Å². The number of anilines is 2. The molecule has 37 heavy (non-hydrogen) atoms. The molecule has 1 N–H and O–H groups in total.